The standard InChI is InChI=1S/C8H6O3.Zn/c9-5-6-3-1-2-4-7(6)8(10)11;/h1-5H,(H,10,11);. The summed E-state index contributed by atoms with van der Waals surface area (Å²) < 4.78 is 0. The Hall–Kier alpha value is -1.02. The third-order valence-electron chi connectivity index (χ3n) is 1.32. The van der Waals surface area contributed by atoms with Crippen molar-refractivity contribution in [3.8, 4) is 0 Å². The van der Waals surface area contributed by atoms with Crippen LogP contribution in [-0.2, 0) is 19.5 Å². The fourth-order valence-electron chi connectivity index (χ4n) is 0.795. The summed E-state index contributed by atoms with van der Waals surface area (Å²) in [6.07, 6.45) is 0.531. The van der Waals surface area contributed by atoms with Gasteiger partial charge in [0.2, 0.25) is 0 Å². The third-order valence-corrected chi connectivity index (χ3v) is 1.32. The van der Waals surface area contributed by atoms with Crippen LogP contribution >= 0.6 is 0 Å². The molecular weight excluding hydrogens is 209 g/mol. The van der Waals surface area contributed by atoms with Crippen LogP contribution in [0.1, 0.15) is 20.7 Å². The van der Waals surface area contributed by atoms with E-state index in [-0.39, 0.29) is 30.6 Å². The molecule has 1 aromatic rings. The first-order chi connectivity index (χ1) is 5.25. The summed E-state index contributed by atoms with van der Waals surface area (Å²) in [5, 5.41) is 8.54. The van der Waals surface area contributed by atoms with Crippen molar-refractivity contribution in [3.05, 3.63) is 35.4 Å². The van der Waals surface area contributed by atoms with Crippen molar-refractivity contribution in [1.82, 2.24) is 0 Å². The van der Waals surface area contributed by atoms with Gasteiger partial charge in [-0.1, -0.05) is 18.2 Å². The minimum Gasteiger partial charge on any atom is -0.478 e. The van der Waals surface area contributed by atoms with Crippen LogP contribution in [0.25, 0.3) is 0 Å². The van der Waals surface area contributed by atoms with Crippen molar-refractivity contribution in [3.63, 3.8) is 0 Å². The van der Waals surface area contributed by atoms with Crippen molar-refractivity contribution >= 4 is 12.3 Å². The van der Waals surface area contributed by atoms with Crippen LogP contribution < -0.4 is 0 Å². The summed E-state index contributed by atoms with van der Waals surface area (Å²) in [6.45, 7) is 0. The van der Waals surface area contributed by atoms with Crippen LogP contribution in [0.15, 0.2) is 24.3 Å². The zero-order valence-electron chi connectivity index (χ0n) is 6.36. The summed E-state index contributed by atoms with van der Waals surface area (Å²) in [5.74, 6) is -1.08. The van der Waals surface area contributed by atoms with Crippen LogP contribution in [-0.4, -0.2) is 17.4 Å². The predicted molar refractivity (Wildman–Crippen MR) is 38.8 cm³/mol. The average molecular weight is 216 g/mol. The van der Waals surface area contributed by atoms with Crippen LogP contribution in [0.2, 0.25) is 0 Å². The molecule has 0 heterocycles. The van der Waals surface area contributed by atoms with Crippen molar-refractivity contribution in [1.29, 1.82) is 0 Å². The Labute approximate surface area is 82.2 Å². The molecule has 0 amide bonds. The Morgan fingerprint density at radius 2 is 1.92 bits per heavy atom. The third kappa shape index (κ3) is 2.24. The largest absolute Gasteiger partial charge is 0.478 e. The van der Waals surface area contributed by atoms with Crippen LogP contribution in [0.3, 0.4) is 0 Å². The Kier molecular flexibility index (Phi) is 4.37. The molecule has 3 nitrogen and oxygen atoms in total. The van der Waals surface area contributed by atoms with E-state index in [0.29, 0.717) is 6.29 Å². The van der Waals surface area contributed by atoms with Crippen LogP contribution in [0, 0.1) is 0 Å². The number of aldehydes is 1. The van der Waals surface area contributed by atoms with Gasteiger partial charge in [-0.2, -0.15) is 0 Å². The van der Waals surface area contributed by atoms with Gasteiger partial charge in [-0.15, -0.1) is 0 Å². The average Bonchev–Trinajstić information content (AvgIpc) is 2.04. The number of rotatable bonds is 2. The summed E-state index contributed by atoms with van der Waals surface area (Å²) in [5.41, 5.74) is 0.252. The second-order valence-electron chi connectivity index (χ2n) is 2.01. The molecule has 58 valence electrons. The molecule has 0 aliphatic rings. The normalized spacial score (nSPS) is 8.33. The smallest absolute Gasteiger partial charge is 0.336 e. The number of carbonyl (C=O) groups is 2. The van der Waals surface area contributed by atoms with E-state index in [1.54, 1.807) is 12.1 Å². The van der Waals surface area contributed by atoms with E-state index < -0.39 is 5.97 Å². The fourth-order valence-corrected chi connectivity index (χ4v) is 0.795. The number of hydrogen-bond donors (Lipinski definition) is 1. The first kappa shape index (κ1) is 11.0. The SMILES string of the molecule is O=Cc1ccccc1C(=O)O.[Zn]. The zero-order valence-corrected chi connectivity index (χ0v) is 9.32. The molecule has 1 aromatic carbocycles. The Bertz CT molecular complexity index is 296. The molecule has 0 aliphatic heterocycles. The van der Waals surface area contributed by atoms with Gasteiger partial charge in [-0.3, -0.25) is 4.79 Å². The van der Waals surface area contributed by atoms with Crippen molar-refractivity contribution in [2.75, 3.05) is 0 Å². The number of carboxylic acids is 1. The van der Waals surface area contributed by atoms with Gasteiger partial charge in [0.15, 0.2) is 6.29 Å². The summed E-state index contributed by atoms with van der Waals surface area (Å²) in [7, 11) is 0. The molecule has 0 unspecified atom stereocenters. The first-order valence-electron chi connectivity index (χ1n) is 3.03. The second-order valence-corrected chi connectivity index (χ2v) is 2.01. The van der Waals surface area contributed by atoms with E-state index in [1.807, 2.05) is 0 Å². The molecule has 1 N–H and O–H groups in total. The van der Waals surface area contributed by atoms with E-state index in [2.05, 4.69) is 0 Å². The van der Waals surface area contributed by atoms with E-state index in [1.165, 1.54) is 12.1 Å². The topological polar surface area (TPSA) is 54.4 Å². The van der Waals surface area contributed by atoms with Crippen molar-refractivity contribution in [2.24, 2.45) is 0 Å². The minimum absolute atomic E-state index is 0. The van der Waals surface area contributed by atoms with E-state index in [0.717, 1.165) is 0 Å². The van der Waals surface area contributed by atoms with Gasteiger partial charge in [-0.25, -0.2) is 4.79 Å². The van der Waals surface area contributed by atoms with Crippen LogP contribution in [0.4, 0.5) is 0 Å². The van der Waals surface area contributed by atoms with E-state index >= 15 is 0 Å². The molecule has 0 fully saturated rings. The monoisotopic (exact) mass is 214 g/mol. The summed E-state index contributed by atoms with van der Waals surface area (Å²) >= 11 is 0. The predicted octanol–water partition coefficient (Wildman–Crippen LogP) is 1.19. The van der Waals surface area contributed by atoms with Crippen LogP contribution in [0.5, 0.6) is 0 Å². The van der Waals surface area contributed by atoms with E-state index in [4.69, 9.17) is 5.11 Å². The number of carboxylic acid groups (broad SMARTS) is 1. The fraction of sp³-hybridized carbons (Fsp3) is 0. The molecule has 0 spiro atoms. The molecule has 0 bridgehead atoms. The molecule has 0 aromatic heterocycles. The minimum atomic E-state index is -1.08. The van der Waals surface area contributed by atoms with Gasteiger partial charge in [0.05, 0.1) is 5.56 Å². The van der Waals surface area contributed by atoms with Gasteiger partial charge < -0.3 is 5.11 Å². The Morgan fingerprint density at radius 3 is 2.33 bits per heavy atom. The Morgan fingerprint density at radius 1 is 1.33 bits per heavy atom. The molecule has 0 saturated carbocycles. The van der Waals surface area contributed by atoms with Crippen molar-refractivity contribution in [2.45, 2.75) is 0 Å². The van der Waals surface area contributed by atoms with Crippen molar-refractivity contribution < 1.29 is 34.2 Å². The molecule has 0 radical (unpaired) electrons. The molecular formula is C8H6O3Zn. The van der Waals surface area contributed by atoms with Gasteiger partial charge in [-0.05, 0) is 6.07 Å². The van der Waals surface area contributed by atoms with Gasteiger partial charge in [0.1, 0.15) is 0 Å². The molecule has 4 heteroatoms. The van der Waals surface area contributed by atoms with Gasteiger partial charge >= 0.3 is 5.97 Å². The van der Waals surface area contributed by atoms with E-state index in [9.17, 15) is 9.59 Å². The summed E-state index contributed by atoms with van der Waals surface area (Å²) in [4.78, 5) is 20.7. The molecule has 0 aliphatic carbocycles. The molecule has 0 atom stereocenters. The molecule has 12 heavy (non-hydrogen) atoms. The van der Waals surface area contributed by atoms with Gasteiger partial charge in [0.25, 0.3) is 0 Å². The van der Waals surface area contributed by atoms with Gasteiger partial charge in [0, 0.05) is 25.0 Å². The summed E-state index contributed by atoms with van der Waals surface area (Å²) in [6, 6.07) is 6.06. The molecule has 0 saturated heterocycles. The second kappa shape index (κ2) is 4.78. The number of carbonyl (C=O) groups excluding carboxylic acids is 1. The maximum Gasteiger partial charge on any atom is 0.336 e. The maximum atomic E-state index is 10.4. The number of hydrogen-bond acceptors (Lipinski definition) is 2. The quantitative estimate of drug-likeness (QED) is 0.596. The maximum absolute atomic E-state index is 10.4. The number of benzene rings is 1. The zero-order chi connectivity index (χ0) is 8.27. The molecule has 1 rings (SSSR count). The Balaban J connectivity index is 0.00000121. The number of aromatic carboxylic acids is 1. The first-order valence-corrected chi connectivity index (χ1v) is 3.03.